The van der Waals surface area contributed by atoms with Crippen LogP contribution in [-0.2, 0) is 0 Å². The molecule has 0 aliphatic carbocycles. The van der Waals surface area contributed by atoms with E-state index in [1.807, 2.05) is 32.3 Å². The Bertz CT molecular complexity index is 355. The summed E-state index contributed by atoms with van der Waals surface area (Å²) in [4.78, 5) is 2.06. The predicted molar refractivity (Wildman–Crippen MR) is 73.7 cm³/mol. The molecule has 0 aliphatic rings. The summed E-state index contributed by atoms with van der Waals surface area (Å²) in [7, 11) is 4.03. The topological polar surface area (TPSA) is 38.5 Å². The first-order valence-corrected chi connectivity index (χ1v) is 5.98. The van der Waals surface area contributed by atoms with Crippen LogP contribution in [-0.4, -0.2) is 26.7 Å². The third-order valence-corrected chi connectivity index (χ3v) is 2.79. The van der Waals surface area contributed by atoms with Crippen molar-refractivity contribution >= 4 is 5.69 Å². The lowest BCUT2D eigenvalue weighted by molar-refractivity contribution is 0.0942. The number of nitrogens with zero attached hydrogens (tertiary/aromatic N) is 1. The lowest BCUT2D eigenvalue weighted by Crippen LogP contribution is -2.38. The average molecular weight is 236 g/mol. The van der Waals surface area contributed by atoms with E-state index >= 15 is 0 Å². The first kappa shape index (κ1) is 13.8. The Morgan fingerprint density at radius 2 is 1.94 bits per heavy atom. The van der Waals surface area contributed by atoms with E-state index in [1.54, 1.807) is 0 Å². The molecular formula is C14H24N2O. The van der Waals surface area contributed by atoms with Gasteiger partial charge >= 0.3 is 0 Å². The third-order valence-electron chi connectivity index (χ3n) is 2.79. The van der Waals surface area contributed by atoms with Crippen LogP contribution >= 0.6 is 0 Å². The van der Waals surface area contributed by atoms with Gasteiger partial charge in [0.2, 0.25) is 0 Å². The molecule has 0 saturated carbocycles. The van der Waals surface area contributed by atoms with Crippen LogP contribution in [0.1, 0.15) is 20.8 Å². The minimum atomic E-state index is 0.0277. The van der Waals surface area contributed by atoms with E-state index in [0.717, 1.165) is 11.4 Å². The molecule has 1 rings (SSSR count). The Labute approximate surface area is 105 Å². The Hall–Kier alpha value is -1.22. The van der Waals surface area contributed by atoms with Crippen LogP contribution in [0.4, 0.5) is 5.69 Å². The van der Waals surface area contributed by atoms with Crippen molar-refractivity contribution in [2.45, 2.75) is 26.9 Å². The molecule has 1 aromatic carbocycles. The Morgan fingerprint density at radius 1 is 1.29 bits per heavy atom. The van der Waals surface area contributed by atoms with Crippen LogP contribution < -0.4 is 15.4 Å². The Morgan fingerprint density at radius 3 is 2.41 bits per heavy atom. The molecule has 2 N–H and O–H groups in total. The highest BCUT2D eigenvalue weighted by atomic mass is 16.5. The highest BCUT2D eigenvalue weighted by Crippen LogP contribution is 2.26. The molecule has 0 aliphatic heterocycles. The van der Waals surface area contributed by atoms with E-state index in [4.69, 9.17) is 10.5 Å². The maximum absolute atomic E-state index is 5.97. The first-order chi connectivity index (χ1) is 7.84. The fourth-order valence-corrected chi connectivity index (χ4v) is 1.58. The SMILES string of the molecule is CN(C)c1cccc(OC(CN)C(C)(C)C)c1. The van der Waals surface area contributed by atoms with Crippen molar-refractivity contribution in [3.8, 4) is 5.75 Å². The van der Waals surface area contributed by atoms with Crippen molar-refractivity contribution in [3.05, 3.63) is 24.3 Å². The summed E-state index contributed by atoms with van der Waals surface area (Å²) in [6, 6.07) is 8.07. The summed E-state index contributed by atoms with van der Waals surface area (Å²) in [6.07, 6.45) is 0.0277. The molecule has 0 spiro atoms. The van der Waals surface area contributed by atoms with Crippen LogP contribution in [0, 0.1) is 5.41 Å². The number of hydrogen-bond donors (Lipinski definition) is 1. The number of rotatable bonds is 4. The number of anilines is 1. The van der Waals surface area contributed by atoms with Gasteiger partial charge < -0.3 is 15.4 Å². The summed E-state index contributed by atoms with van der Waals surface area (Å²) in [5, 5.41) is 0. The van der Waals surface area contributed by atoms with Gasteiger partial charge in [0.05, 0.1) is 0 Å². The fourth-order valence-electron chi connectivity index (χ4n) is 1.58. The normalized spacial score (nSPS) is 13.3. The number of ether oxygens (including phenoxy) is 1. The second kappa shape index (κ2) is 5.41. The van der Waals surface area contributed by atoms with Gasteiger partial charge in [-0.3, -0.25) is 0 Å². The van der Waals surface area contributed by atoms with E-state index in [0.29, 0.717) is 6.54 Å². The van der Waals surface area contributed by atoms with Gasteiger partial charge in [-0.2, -0.15) is 0 Å². The van der Waals surface area contributed by atoms with Crippen molar-refractivity contribution in [1.29, 1.82) is 0 Å². The lowest BCUT2D eigenvalue weighted by Gasteiger charge is -2.30. The molecule has 0 bridgehead atoms. The van der Waals surface area contributed by atoms with E-state index in [9.17, 15) is 0 Å². The zero-order chi connectivity index (χ0) is 13.1. The molecule has 0 heterocycles. The molecule has 0 radical (unpaired) electrons. The van der Waals surface area contributed by atoms with Crippen molar-refractivity contribution in [1.82, 2.24) is 0 Å². The molecule has 17 heavy (non-hydrogen) atoms. The van der Waals surface area contributed by atoms with E-state index in [1.165, 1.54) is 0 Å². The van der Waals surface area contributed by atoms with Crippen molar-refractivity contribution in [2.24, 2.45) is 11.1 Å². The summed E-state index contributed by atoms with van der Waals surface area (Å²) in [5.74, 6) is 0.876. The zero-order valence-corrected chi connectivity index (χ0v) is 11.5. The molecule has 1 atom stereocenters. The van der Waals surface area contributed by atoms with E-state index in [2.05, 4.69) is 31.7 Å². The maximum Gasteiger partial charge on any atom is 0.121 e. The minimum absolute atomic E-state index is 0.0277. The van der Waals surface area contributed by atoms with Gasteiger partial charge in [-0.15, -0.1) is 0 Å². The summed E-state index contributed by atoms with van der Waals surface area (Å²) in [5.41, 5.74) is 6.95. The Kier molecular flexibility index (Phi) is 4.40. The van der Waals surface area contributed by atoms with Crippen LogP contribution in [0.15, 0.2) is 24.3 Å². The second-order valence-corrected chi connectivity index (χ2v) is 5.60. The Balaban J connectivity index is 2.83. The van der Waals surface area contributed by atoms with Gasteiger partial charge in [-0.05, 0) is 12.1 Å². The lowest BCUT2D eigenvalue weighted by atomic mass is 9.89. The molecule has 96 valence electrons. The second-order valence-electron chi connectivity index (χ2n) is 5.60. The largest absolute Gasteiger partial charge is 0.488 e. The molecule has 1 aromatic rings. The molecule has 0 amide bonds. The summed E-state index contributed by atoms with van der Waals surface area (Å²) < 4.78 is 5.97. The number of hydrogen-bond acceptors (Lipinski definition) is 3. The fraction of sp³-hybridized carbons (Fsp3) is 0.571. The summed E-state index contributed by atoms with van der Waals surface area (Å²) in [6.45, 7) is 6.94. The van der Waals surface area contributed by atoms with Gasteiger partial charge in [0, 0.05) is 37.8 Å². The molecule has 0 aromatic heterocycles. The van der Waals surface area contributed by atoms with Crippen LogP contribution in [0.3, 0.4) is 0 Å². The molecule has 3 heteroatoms. The van der Waals surface area contributed by atoms with E-state index < -0.39 is 0 Å². The van der Waals surface area contributed by atoms with Gasteiger partial charge in [-0.1, -0.05) is 26.8 Å². The predicted octanol–water partition coefficient (Wildman–Crippen LogP) is 2.50. The van der Waals surface area contributed by atoms with Crippen molar-refractivity contribution in [3.63, 3.8) is 0 Å². The van der Waals surface area contributed by atoms with Crippen LogP contribution in [0.5, 0.6) is 5.75 Å². The van der Waals surface area contributed by atoms with Gasteiger partial charge in [0.15, 0.2) is 0 Å². The summed E-state index contributed by atoms with van der Waals surface area (Å²) >= 11 is 0. The third kappa shape index (κ3) is 3.93. The van der Waals surface area contributed by atoms with Crippen molar-refractivity contribution in [2.75, 3.05) is 25.5 Å². The standard InChI is InChI=1S/C14H24N2O/c1-14(2,3)13(10-15)17-12-8-6-7-11(9-12)16(4)5/h6-9,13H,10,15H2,1-5H3. The van der Waals surface area contributed by atoms with Crippen LogP contribution in [0.25, 0.3) is 0 Å². The highest BCUT2D eigenvalue weighted by Gasteiger charge is 2.25. The van der Waals surface area contributed by atoms with Crippen molar-refractivity contribution < 1.29 is 4.74 Å². The molecular weight excluding hydrogens is 212 g/mol. The quantitative estimate of drug-likeness (QED) is 0.873. The smallest absolute Gasteiger partial charge is 0.121 e. The van der Waals surface area contributed by atoms with E-state index in [-0.39, 0.29) is 11.5 Å². The average Bonchev–Trinajstić information content (AvgIpc) is 2.24. The van der Waals surface area contributed by atoms with Gasteiger partial charge in [0.1, 0.15) is 11.9 Å². The zero-order valence-electron chi connectivity index (χ0n) is 11.5. The molecule has 0 fully saturated rings. The first-order valence-electron chi connectivity index (χ1n) is 5.98. The molecule has 0 saturated heterocycles. The number of benzene rings is 1. The molecule has 3 nitrogen and oxygen atoms in total. The highest BCUT2D eigenvalue weighted by molar-refractivity contribution is 5.49. The van der Waals surface area contributed by atoms with Gasteiger partial charge in [-0.25, -0.2) is 0 Å². The number of nitrogens with two attached hydrogens (primary N) is 1. The molecule has 1 unspecified atom stereocenters. The minimum Gasteiger partial charge on any atom is -0.488 e. The van der Waals surface area contributed by atoms with Gasteiger partial charge in [0.25, 0.3) is 0 Å². The van der Waals surface area contributed by atoms with Crippen LogP contribution in [0.2, 0.25) is 0 Å². The monoisotopic (exact) mass is 236 g/mol. The maximum atomic E-state index is 5.97.